The highest BCUT2D eigenvalue weighted by Gasteiger charge is 2.33. The van der Waals surface area contributed by atoms with Gasteiger partial charge in [-0.3, -0.25) is 10.1 Å². The zero-order valence-electron chi connectivity index (χ0n) is 11.3. The van der Waals surface area contributed by atoms with E-state index in [0.29, 0.717) is 0 Å². The Morgan fingerprint density at radius 2 is 1.76 bits per heavy atom. The van der Waals surface area contributed by atoms with Gasteiger partial charge >= 0.3 is 12.0 Å². The Labute approximate surface area is 121 Å². The standard InChI is InChI=1S/C12H14N2O6S/c1-7(10(15)14-12(18)13-2)21(19,20)9-6-4-3-5-8(9)11(16)17/h3-7H,1-2H3,(H,16,17)(H2,13,14,15,18). The van der Waals surface area contributed by atoms with E-state index in [0.717, 1.165) is 19.1 Å². The van der Waals surface area contributed by atoms with Crippen molar-refractivity contribution in [3.05, 3.63) is 29.8 Å². The van der Waals surface area contributed by atoms with Crippen molar-refractivity contribution in [1.82, 2.24) is 10.6 Å². The highest BCUT2D eigenvalue weighted by Crippen LogP contribution is 2.20. The summed E-state index contributed by atoms with van der Waals surface area (Å²) >= 11 is 0. The largest absolute Gasteiger partial charge is 0.478 e. The summed E-state index contributed by atoms with van der Waals surface area (Å²) in [6, 6.07) is 4.09. The van der Waals surface area contributed by atoms with E-state index >= 15 is 0 Å². The number of carboxylic acid groups (broad SMARTS) is 1. The third-order valence-corrected chi connectivity index (χ3v) is 4.84. The molecule has 1 aromatic carbocycles. The van der Waals surface area contributed by atoms with E-state index in [1.54, 1.807) is 0 Å². The average Bonchev–Trinajstić information content (AvgIpc) is 2.45. The second-order valence-corrected chi connectivity index (χ2v) is 6.29. The normalized spacial score (nSPS) is 12.3. The van der Waals surface area contributed by atoms with Gasteiger partial charge in [0.2, 0.25) is 5.91 Å². The molecule has 0 saturated heterocycles. The summed E-state index contributed by atoms with van der Waals surface area (Å²) in [6.07, 6.45) is 0. The minimum atomic E-state index is -4.24. The Morgan fingerprint density at radius 3 is 2.29 bits per heavy atom. The van der Waals surface area contributed by atoms with Gasteiger partial charge in [-0.2, -0.15) is 0 Å². The van der Waals surface area contributed by atoms with Crippen molar-refractivity contribution in [3.63, 3.8) is 0 Å². The van der Waals surface area contributed by atoms with Gasteiger partial charge in [0.25, 0.3) is 0 Å². The van der Waals surface area contributed by atoms with E-state index in [9.17, 15) is 22.8 Å². The molecule has 0 aliphatic carbocycles. The van der Waals surface area contributed by atoms with Crippen LogP contribution in [0.5, 0.6) is 0 Å². The van der Waals surface area contributed by atoms with Crippen LogP contribution in [0.3, 0.4) is 0 Å². The molecule has 8 nitrogen and oxygen atoms in total. The second-order valence-electron chi connectivity index (χ2n) is 4.06. The lowest BCUT2D eigenvalue weighted by Crippen LogP contribution is -2.44. The Balaban J connectivity index is 3.20. The zero-order valence-corrected chi connectivity index (χ0v) is 12.1. The number of aromatic carboxylic acids is 1. The maximum absolute atomic E-state index is 12.3. The number of benzene rings is 1. The van der Waals surface area contributed by atoms with Gasteiger partial charge in [-0.05, 0) is 19.1 Å². The van der Waals surface area contributed by atoms with E-state index in [-0.39, 0.29) is 0 Å². The molecule has 0 saturated carbocycles. The number of carbonyl (C=O) groups excluding carboxylic acids is 2. The first-order valence-electron chi connectivity index (χ1n) is 5.80. The van der Waals surface area contributed by atoms with E-state index in [4.69, 9.17) is 5.11 Å². The number of amides is 3. The molecule has 114 valence electrons. The van der Waals surface area contributed by atoms with Gasteiger partial charge in [0.05, 0.1) is 10.5 Å². The lowest BCUT2D eigenvalue weighted by atomic mass is 10.2. The molecule has 0 bridgehead atoms. The molecule has 0 radical (unpaired) electrons. The van der Waals surface area contributed by atoms with Crippen molar-refractivity contribution in [2.45, 2.75) is 17.1 Å². The van der Waals surface area contributed by atoms with Crippen LogP contribution in [0.4, 0.5) is 4.79 Å². The smallest absolute Gasteiger partial charge is 0.337 e. The molecule has 0 aromatic heterocycles. The maximum atomic E-state index is 12.3. The average molecular weight is 314 g/mol. The molecule has 3 amide bonds. The van der Waals surface area contributed by atoms with Gasteiger partial charge in [0.1, 0.15) is 5.25 Å². The summed E-state index contributed by atoms with van der Waals surface area (Å²) in [5, 5.41) is 11.3. The van der Waals surface area contributed by atoms with E-state index in [1.165, 1.54) is 19.2 Å². The number of rotatable bonds is 4. The fourth-order valence-corrected chi connectivity index (χ4v) is 2.95. The first kappa shape index (κ1) is 16.6. The molecule has 0 fully saturated rings. The molecular formula is C12H14N2O6S. The molecule has 1 atom stereocenters. The maximum Gasteiger partial charge on any atom is 0.337 e. The summed E-state index contributed by atoms with van der Waals surface area (Å²) < 4.78 is 24.6. The van der Waals surface area contributed by atoms with Gasteiger partial charge in [-0.15, -0.1) is 0 Å². The molecule has 1 rings (SSSR count). The van der Waals surface area contributed by atoms with Crippen molar-refractivity contribution < 1.29 is 27.9 Å². The molecule has 1 unspecified atom stereocenters. The lowest BCUT2D eigenvalue weighted by molar-refractivity contribution is -0.119. The first-order valence-corrected chi connectivity index (χ1v) is 7.35. The molecule has 9 heteroatoms. The van der Waals surface area contributed by atoms with Gasteiger partial charge in [0.15, 0.2) is 9.84 Å². The summed E-state index contributed by atoms with van der Waals surface area (Å²) in [4.78, 5) is 33.3. The number of sulfone groups is 1. The Morgan fingerprint density at radius 1 is 1.19 bits per heavy atom. The fraction of sp³-hybridized carbons (Fsp3) is 0.250. The molecule has 21 heavy (non-hydrogen) atoms. The van der Waals surface area contributed by atoms with Crippen molar-refractivity contribution in [2.75, 3.05) is 7.05 Å². The predicted octanol–water partition coefficient (Wildman–Crippen LogP) is 0.00260. The predicted molar refractivity (Wildman–Crippen MR) is 72.6 cm³/mol. The number of carboxylic acids is 1. The van der Waals surface area contributed by atoms with E-state index < -0.39 is 43.5 Å². The number of carbonyl (C=O) groups is 3. The molecule has 3 N–H and O–H groups in total. The number of hydrogen-bond donors (Lipinski definition) is 3. The van der Waals surface area contributed by atoms with Gasteiger partial charge in [-0.25, -0.2) is 18.0 Å². The van der Waals surface area contributed by atoms with Crippen LogP contribution in [0.25, 0.3) is 0 Å². The van der Waals surface area contributed by atoms with Crippen LogP contribution in [0.2, 0.25) is 0 Å². The Kier molecular flexibility index (Phi) is 5.03. The lowest BCUT2D eigenvalue weighted by Gasteiger charge is -2.14. The van der Waals surface area contributed by atoms with Gasteiger partial charge < -0.3 is 10.4 Å². The number of urea groups is 1. The molecule has 0 aliphatic heterocycles. The highest BCUT2D eigenvalue weighted by atomic mass is 32.2. The third-order valence-electron chi connectivity index (χ3n) is 2.72. The molecule has 1 aromatic rings. The molecule has 0 spiro atoms. The SMILES string of the molecule is CNC(=O)NC(=O)C(C)S(=O)(=O)c1ccccc1C(=O)O. The quantitative estimate of drug-likeness (QED) is 0.717. The number of hydrogen-bond acceptors (Lipinski definition) is 5. The Hall–Kier alpha value is -2.42. The minimum absolute atomic E-state index is 0.433. The molecular weight excluding hydrogens is 300 g/mol. The molecule has 0 aliphatic rings. The summed E-state index contributed by atoms with van der Waals surface area (Å²) in [5.74, 6) is -2.47. The number of nitrogens with one attached hydrogen (secondary N) is 2. The van der Waals surface area contributed by atoms with Crippen molar-refractivity contribution >= 4 is 27.7 Å². The van der Waals surface area contributed by atoms with Crippen LogP contribution >= 0.6 is 0 Å². The van der Waals surface area contributed by atoms with Crippen LogP contribution in [0.1, 0.15) is 17.3 Å². The first-order chi connectivity index (χ1) is 9.71. The van der Waals surface area contributed by atoms with Crippen LogP contribution in [0.15, 0.2) is 29.2 Å². The number of imide groups is 1. The topological polar surface area (TPSA) is 130 Å². The van der Waals surface area contributed by atoms with Gasteiger partial charge in [-0.1, -0.05) is 12.1 Å². The van der Waals surface area contributed by atoms with Crippen molar-refractivity contribution in [3.8, 4) is 0 Å². The van der Waals surface area contributed by atoms with Crippen LogP contribution < -0.4 is 10.6 Å². The summed E-state index contributed by atoms with van der Waals surface area (Å²) in [5.41, 5.74) is -0.433. The van der Waals surface area contributed by atoms with Crippen LogP contribution in [-0.4, -0.2) is 43.7 Å². The van der Waals surface area contributed by atoms with E-state index in [1.807, 2.05) is 5.32 Å². The minimum Gasteiger partial charge on any atom is -0.478 e. The summed E-state index contributed by atoms with van der Waals surface area (Å²) in [7, 11) is -2.98. The van der Waals surface area contributed by atoms with Crippen LogP contribution in [0, 0.1) is 0 Å². The Bertz CT molecular complexity index is 683. The highest BCUT2D eigenvalue weighted by molar-refractivity contribution is 7.92. The fourth-order valence-electron chi connectivity index (χ4n) is 1.50. The van der Waals surface area contributed by atoms with E-state index in [2.05, 4.69) is 5.32 Å². The van der Waals surface area contributed by atoms with Crippen molar-refractivity contribution in [2.24, 2.45) is 0 Å². The zero-order chi connectivity index (χ0) is 16.2. The van der Waals surface area contributed by atoms with Crippen LogP contribution in [-0.2, 0) is 14.6 Å². The second kappa shape index (κ2) is 6.35. The molecule has 0 heterocycles. The monoisotopic (exact) mass is 314 g/mol. The van der Waals surface area contributed by atoms with Crippen molar-refractivity contribution in [1.29, 1.82) is 0 Å². The summed E-state index contributed by atoms with van der Waals surface area (Å²) in [6.45, 7) is 1.08. The third kappa shape index (κ3) is 3.57. The van der Waals surface area contributed by atoms with Gasteiger partial charge in [0, 0.05) is 7.05 Å².